The SMILES string of the molecule is CO[C@@H]1CC[C@@H](S(=O)(=O)c2ccc(-c3cncc(F)c3)cc2C(F)(F)F)C1. The van der Waals surface area contributed by atoms with Gasteiger partial charge in [0.15, 0.2) is 9.84 Å². The van der Waals surface area contributed by atoms with Gasteiger partial charge in [0.05, 0.1) is 28.0 Å². The minimum Gasteiger partial charge on any atom is -0.381 e. The Bertz CT molecular complexity index is 944. The molecule has 0 amide bonds. The zero-order valence-corrected chi connectivity index (χ0v) is 15.1. The number of pyridine rings is 1. The third kappa shape index (κ3) is 3.98. The summed E-state index contributed by atoms with van der Waals surface area (Å²) in [5.41, 5.74) is -1.09. The molecule has 1 aliphatic rings. The lowest BCUT2D eigenvalue weighted by Gasteiger charge is -2.18. The molecule has 4 nitrogen and oxygen atoms in total. The van der Waals surface area contributed by atoms with Gasteiger partial charge < -0.3 is 4.74 Å². The highest BCUT2D eigenvalue weighted by Crippen LogP contribution is 2.40. The normalized spacial score (nSPS) is 20.8. The zero-order valence-electron chi connectivity index (χ0n) is 14.3. The number of halogens is 4. The summed E-state index contributed by atoms with van der Waals surface area (Å²) < 4.78 is 85.0. The standard InChI is InChI=1S/C18H17F4NO3S/c1-26-14-3-4-15(8-14)27(24,25)17-5-2-11(7-16(17)18(20,21)22)12-6-13(19)10-23-9-12/h2,5-7,9-10,14-15H,3-4,8H2,1H3/t14-,15-/m1/s1. The molecule has 2 atom stereocenters. The number of hydrogen-bond donors (Lipinski definition) is 0. The number of hydrogen-bond acceptors (Lipinski definition) is 4. The molecule has 1 fully saturated rings. The summed E-state index contributed by atoms with van der Waals surface area (Å²) in [5.74, 6) is -0.700. The molecule has 0 saturated heterocycles. The molecule has 27 heavy (non-hydrogen) atoms. The molecule has 1 aromatic carbocycles. The highest BCUT2D eigenvalue weighted by atomic mass is 32.2. The Morgan fingerprint density at radius 2 is 1.85 bits per heavy atom. The van der Waals surface area contributed by atoms with E-state index in [1.807, 2.05) is 0 Å². The van der Waals surface area contributed by atoms with Crippen molar-refractivity contribution in [3.8, 4) is 11.1 Å². The van der Waals surface area contributed by atoms with Gasteiger partial charge >= 0.3 is 6.18 Å². The number of ether oxygens (including phenoxy) is 1. The number of methoxy groups -OCH3 is 1. The summed E-state index contributed by atoms with van der Waals surface area (Å²) in [6.45, 7) is 0. The molecule has 1 saturated carbocycles. The van der Waals surface area contributed by atoms with E-state index in [9.17, 15) is 26.0 Å². The minimum absolute atomic E-state index is 0.0365. The second-order valence-corrected chi connectivity index (χ2v) is 8.63. The number of aromatic nitrogens is 1. The Balaban J connectivity index is 2.08. The fraction of sp³-hybridized carbons (Fsp3) is 0.389. The monoisotopic (exact) mass is 403 g/mol. The zero-order chi connectivity index (χ0) is 19.8. The molecule has 3 rings (SSSR count). The van der Waals surface area contributed by atoms with Crippen LogP contribution in [0.25, 0.3) is 11.1 Å². The van der Waals surface area contributed by atoms with E-state index < -0.39 is 37.5 Å². The second kappa shape index (κ2) is 7.20. The fourth-order valence-electron chi connectivity index (χ4n) is 3.33. The maximum Gasteiger partial charge on any atom is 0.417 e. The van der Waals surface area contributed by atoms with Crippen LogP contribution in [0.3, 0.4) is 0 Å². The summed E-state index contributed by atoms with van der Waals surface area (Å²) in [6, 6.07) is 3.95. The van der Waals surface area contributed by atoms with Crippen molar-refractivity contribution >= 4 is 9.84 Å². The highest BCUT2D eigenvalue weighted by molar-refractivity contribution is 7.92. The first-order valence-corrected chi connectivity index (χ1v) is 9.76. The van der Waals surface area contributed by atoms with E-state index in [1.165, 1.54) is 19.4 Å². The van der Waals surface area contributed by atoms with E-state index in [4.69, 9.17) is 4.74 Å². The second-order valence-electron chi connectivity index (χ2n) is 6.44. The number of alkyl halides is 3. The summed E-state index contributed by atoms with van der Waals surface area (Å²) in [4.78, 5) is 2.86. The lowest BCUT2D eigenvalue weighted by Crippen LogP contribution is -2.23. The van der Waals surface area contributed by atoms with E-state index in [2.05, 4.69) is 4.98 Å². The first kappa shape index (κ1) is 19.8. The molecule has 0 unspecified atom stereocenters. The third-order valence-electron chi connectivity index (χ3n) is 4.74. The van der Waals surface area contributed by atoms with Crippen LogP contribution in [0.15, 0.2) is 41.6 Å². The first-order valence-electron chi connectivity index (χ1n) is 8.22. The van der Waals surface area contributed by atoms with Crippen molar-refractivity contribution in [2.24, 2.45) is 0 Å². The van der Waals surface area contributed by atoms with Crippen LogP contribution in [0.1, 0.15) is 24.8 Å². The molecule has 0 spiro atoms. The van der Waals surface area contributed by atoms with Gasteiger partial charge in [-0.15, -0.1) is 0 Å². The molecule has 2 aromatic rings. The molecule has 9 heteroatoms. The van der Waals surface area contributed by atoms with Gasteiger partial charge in [-0.25, -0.2) is 12.8 Å². The Morgan fingerprint density at radius 3 is 2.44 bits per heavy atom. The van der Waals surface area contributed by atoms with Crippen molar-refractivity contribution in [2.45, 2.75) is 41.7 Å². The van der Waals surface area contributed by atoms with Crippen LogP contribution >= 0.6 is 0 Å². The Hall–Kier alpha value is -2.00. The van der Waals surface area contributed by atoms with Gasteiger partial charge in [0.25, 0.3) is 0 Å². The maximum atomic E-state index is 13.6. The molecule has 0 bridgehead atoms. The lowest BCUT2D eigenvalue weighted by molar-refractivity contribution is -0.139. The smallest absolute Gasteiger partial charge is 0.381 e. The van der Waals surface area contributed by atoms with Gasteiger partial charge in [0.2, 0.25) is 0 Å². The predicted octanol–water partition coefficient (Wildman–Crippen LogP) is 4.25. The Kier molecular flexibility index (Phi) is 5.27. The summed E-state index contributed by atoms with van der Waals surface area (Å²) in [7, 11) is -2.75. The van der Waals surface area contributed by atoms with Crippen LogP contribution < -0.4 is 0 Å². The van der Waals surface area contributed by atoms with Crippen molar-refractivity contribution in [2.75, 3.05) is 7.11 Å². The topological polar surface area (TPSA) is 56.3 Å². The van der Waals surface area contributed by atoms with Gasteiger partial charge in [-0.1, -0.05) is 6.07 Å². The van der Waals surface area contributed by atoms with Crippen molar-refractivity contribution in [1.29, 1.82) is 0 Å². The Labute approximate surface area is 154 Å². The molecular formula is C18H17F4NO3S. The van der Waals surface area contributed by atoms with E-state index in [1.54, 1.807) is 0 Å². The van der Waals surface area contributed by atoms with Gasteiger partial charge in [0, 0.05) is 18.9 Å². The average Bonchev–Trinajstić information content (AvgIpc) is 3.10. The molecule has 0 N–H and O–H groups in total. The molecule has 0 radical (unpaired) electrons. The molecule has 1 aromatic heterocycles. The van der Waals surface area contributed by atoms with E-state index in [0.29, 0.717) is 6.42 Å². The summed E-state index contributed by atoms with van der Waals surface area (Å²) in [5, 5.41) is -0.926. The molecule has 0 aliphatic heterocycles. The molecule has 1 heterocycles. The predicted molar refractivity (Wildman–Crippen MR) is 90.3 cm³/mol. The number of sulfone groups is 1. The van der Waals surface area contributed by atoms with Crippen molar-refractivity contribution in [3.63, 3.8) is 0 Å². The molecular weight excluding hydrogens is 386 g/mol. The van der Waals surface area contributed by atoms with E-state index >= 15 is 0 Å². The molecule has 1 aliphatic carbocycles. The Morgan fingerprint density at radius 1 is 1.11 bits per heavy atom. The van der Waals surface area contributed by atoms with Crippen LogP contribution in [-0.4, -0.2) is 31.9 Å². The van der Waals surface area contributed by atoms with Crippen LogP contribution in [0.2, 0.25) is 0 Å². The maximum absolute atomic E-state index is 13.6. The van der Waals surface area contributed by atoms with Gasteiger partial charge in [0.1, 0.15) is 5.82 Å². The highest BCUT2D eigenvalue weighted by Gasteiger charge is 2.42. The van der Waals surface area contributed by atoms with Gasteiger partial charge in [-0.2, -0.15) is 13.2 Å². The number of benzene rings is 1. The minimum atomic E-state index is -4.88. The van der Waals surface area contributed by atoms with Gasteiger partial charge in [-0.05, 0) is 43.0 Å². The average molecular weight is 403 g/mol. The third-order valence-corrected chi connectivity index (χ3v) is 7.01. The van der Waals surface area contributed by atoms with E-state index in [-0.39, 0.29) is 30.1 Å². The van der Waals surface area contributed by atoms with Crippen molar-refractivity contribution in [3.05, 3.63) is 48.0 Å². The van der Waals surface area contributed by atoms with Crippen LogP contribution in [0, 0.1) is 5.82 Å². The van der Waals surface area contributed by atoms with Gasteiger partial charge in [-0.3, -0.25) is 4.98 Å². The van der Waals surface area contributed by atoms with Crippen molar-refractivity contribution in [1.82, 2.24) is 4.98 Å². The van der Waals surface area contributed by atoms with Crippen LogP contribution in [0.5, 0.6) is 0 Å². The largest absolute Gasteiger partial charge is 0.417 e. The van der Waals surface area contributed by atoms with Crippen LogP contribution in [0.4, 0.5) is 17.6 Å². The van der Waals surface area contributed by atoms with Crippen LogP contribution in [-0.2, 0) is 20.8 Å². The molecule has 146 valence electrons. The quantitative estimate of drug-likeness (QED) is 0.717. The fourth-order valence-corrected chi connectivity index (χ4v) is 5.34. The lowest BCUT2D eigenvalue weighted by atomic mass is 10.0. The van der Waals surface area contributed by atoms with Crippen molar-refractivity contribution < 1.29 is 30.7 Å². The number of rotatable bonds is 4. The number of nitrogens with zero attached hydrogens (tertiary/aromatic N) is 1. The summed E-state index contributed by atoms with van der Waals surface area (Å²) in [6.07, 6.45) is -2.13. The summed E-state index contributed by atoms with van der Waals surface area (Å²) >= 11 is 0. The first-order chi connectivity index (χ1) is 12.6. The van der Waals surface area contributed by atoms with E-state index in [0.717, 1.165) is 24.4 Å².